The zero-order valence-electron chi connectivity index (χ0n) is 13.6. The Kier molecular flexibility index (Phi) is 7.86. The van der Waals surface area contributed by atoms with Crippen LogP contribution >= 0.6 is 0 Å². The van der Waals surface area contributed by atoms with Gasteiger partial charge in [0.05, 0.1) is 6.10 Å². The van der Waals surface area contributed by atoms with E-state index in [1.165, 1.54) is 24.8 Å². The molecular weight excluding hydrogens is 246 g/mol. The Morgan fingerprint density at radius 2 is 1.70 bits per heavy atom. The standard InChI is InChI=1S/C18H31NO/c1-5-7-8-13-19(15(3)4)14-18(20)17-11-9-16(6-2)10-12-17/h9-12,15,18,20H,5-8,13-14H2,1-4H3. The molecule has 1 unspecified atom stereocenters. The molecule has 0 bridgehead atoms. The van der Waals surface area contributed by atoms with Crippen molar-refractivity contribution in [2.24, 2.45) is 0 Å². The molecule has 1 aromatic rings. The molecule has 0 aliphatic rings. The summed E-state index contributed by atoms with van der Waals surface area (Å²) in [6, 6.07) is 8.85. The average molecular weight is 277 g/mol. The summed E-state index contributed by atoms with van der Waals surface area (Å²) >= 11 is 0. The highest BCUT2D eigenvalue weighted by atomic mass is 16.3. The lowest BCUT2D eigenvalue weighted by atomic mass is 10.0. The van der Waals surface area contributed by atoms with Crippen LogP contribution in [0.1, 0.15) is 64.2 Å². The summed E-state index contributed by atoms with van der Waals surface area (Å²) in [5.74, 6) is 0. The zero-order chi connectivity index (χ0) is 15.0. The molecule has 1 atom stereocenters. The van der Waals surface area contributed by atoms with Gasteiger partial charge in [0.15, 0.2) is 0 Å². The van der Waals surface area contributed by atoms with Crippen LogP contribution in [0.25, 0.3) is 0 Å². The Morgan fingerprint density at radius 3 is 2.20 bits per heavy atom. The molecule has 114 valence electrons. The Hall–Kier alpha value is -0.860. The number of benzene rings is 1. The highest BCUT2D eigenvalue weighted by Gasteiger charge is 2.15. The van der Waals surface area contributed by atoms with Gasteiger partial charge in [0.25, 0.3) is 0 Å². The van der Waals surface area contributed by atoms with Crippen molar-refractivity contribution in [3.05, 3.63) is 35.4 Å². The van der Waals surface area contributed by atoms with Gasteiger partial charge in [-0.05, 0) is 44.4 Å². The summed E-state index contributed by atoms with van der Waals surface area (Å²) in [6.07, 6.45) is 4.39. The largest absolute Gasteiger partial charge is 0.387 e. The predicted molar refractivity (Wildman–Crippen MR) is 87.0 cm³/mol. The minimum atomic E-state index is -0.384. The van der Waals surface area contributed by atoms with Crippen LogP contribution in [0.2, 0.25) is 0 Å². The number of aliphatic hydroxyl groups is 1. The molecule has 0 amide bonds. The fourth-order valence-corrected chi connectivity index (χ4v) is 2.43. The second-order valence-corrected chi connectivity index (χ2v) is 5.91. The van der Waals surface area contributed by atoms with Crippen molar-refractivity contribution in [2.75, 3.05) is 13.1 Å². The van der Waals surface area contributed by atoms with Crippen LogP contribution in [-0.4, -0.2) is 29.1 Å². The van der Waals surface area contributed by atoms with Crippen LogP contribution in [0.4, 0.5) is 0 Å². The van der Waals surface area contributed by atoms with Crippen LogP contribution in [0, 0.1) is 0 Å². The van der Waals surface area contributed by atoms with Crippen LogP contribution in [-0.2, 0) is 6.42 Å². The summed E-state index contributed by atoms with van der Waals surface area (Å²) in [5.41, 5.74) is 2.35. The topological polar surface area (TPSA) is 23.5 Å². The van der Waals surface area contributed by atoms with Gasteiger partial charge in [-0.1, -0.05) is 51.0 Å². The Morgan fingerprint density at radius 1 is 1.05 bits per heavy atom. The van der Waals surface area contributed by atoms with E-state index in [4.69, 9.17) is 0 Å². The third kappa shape index (κ3) is 5.64. The van der Waals surface area contributed by atoms with Gasteiger partial charge in [-0.3, -0.25) is 4.90 Å². The molecule has 0 aliphatic heterocycles. The molecule has 0 radical (unpaired) electrons. The van der Waals surface area contributed by atoms with Crippen LogP contribution < -0.4 is 0 Å². The number of hydrogen-bond acceptors (Lipinski definition) is 2. The van der Waals surface area contributed by atoms with Gasteiger partial charge in [-0.15, -0.1) is 0 Å². The molecule has 1 aromatic carbocycles. The predicted octanol–water partition coefficient (Wildman–Crippen LogP) is 4.18. The van der Waals surface area contributed by atoms with Crippen LogP contribution in [0.15, 0.2) is 24.3 Å². The number of unbranched alkanes of at least 4 members (excludes halogenated alkanes) is 2. The number of aryl methyl sites for hydroxylation is 1. The highest BCUT2D eigenvalue weighted by Crippen LogP contribution is 2.17. The summed E-state index contributed by atoms with van der Waals surface area (Å²) in [4.78, 5) is 2.38. The van der Waals surface area contributed by atoms with E-state index >= 15 is 0 Å². The SMILES string of the molecule is CCCCCN(CC(O)c1ccc(CC)cc1)C(C)C. The van der Waals surface area contributed by atoms with Gasteiger partial charge < -0.3 is 5.11 Å². The summed E-state index contributed by atoms with van der Waals surface area (Å²) in [7, 11) is 0. The Bertz CT molecular complexity index is 358. The third-order valence-corrected chi connectivity index (χ3v) is 3.96. The number of hydrogen-bond donors (Lipinski definition) is 1. The highest BCUT2D eigenvalue weighted by molar-refractivity contribution is 5.24. The van der Waals surface area contributed by atoms with E-state index in [1.807, 2.05) is 0 Å². The second kappa shape index (κ2) is 9.15. The molecule has 0 fully saturated rings. The van der Waals surface area contributed by atoms with Crippen molar-refractivity contribution in [3.8, 4) is 0 Å². The minimum Gasteiger partial charge on any atom is -0.387 e. The summed E-state index contributed by atoms with van der Waals surface area (Å²) < 4.78 is 0. The van der Waals surface area contributed by atoms with E-state index in [9.17, 15) is 5.11 Å². The molecule has 0 aromatic heterocycles. The van der Waals surface area contributed by atoms with Crippen molar-refractivity contribution < 1.29 is 5.11 Å². The van der Waals surface area contributed by atoms with Gasteiger partial charge in [-0.25, -0.2) is 0 Å². The quantitative estimate of drug-likeness (QED) is 0.684. The molecule has 0 heterocycles. The lowest BCUT2D eigenvalue weighted by Gasteiger charge is -2.29. The lowest BCUT2D eigenvalue weighted by Crippen LogP contribution is -2.35. The van der Waals surface area contributed by atoms with Gasteiger partial charge in [0.1, 0.15) is 0 Å². The summed E-state index contributed by atoms with van der Waals surface area (Å²) in [5, 5.41) is 10.4. The number of nitrogens with zero attached hydrogens (tertiary/aromatic N) is 1. The summed E-state index contributed by atoms with van der Waals surface area (Å²) in [6.45, 7) is 10.6. The van der Waals surface area contributed by atoms with Crippen molar-refractivity contribution in [1.29, 1.82) is 0 Å². The van der Waals surface area contributed by atoms with Crippen LogP contribution in [0.3, 0.4) is 0 Å². The molecular formula is C18H31NO. The molecule has 20 heavy (non-hydrogen) atoms. The molecule has 0 saturated heterocycles. The first kappa shape index (κ1) is 17.2. The molecule has 2 nitrogen and oxygen atoms in total. The molecule has 2 heteroatoms. The molecule has 1 N–H and O–H groups in total. The first-order chi connectivity index (χ1) is 9.58. The van der Waals surface area contributed by atoms with Crippen molar-refractivity contribution >= 4 is 0 Å². The van der Waals surface area contributed by atoms with E-state index < -0.39 is 0 Å². The van der Waals surface area contributed by atoms with Gasteiger partial charge in [-0.2, -0.15) is 0 Å². The van der Waals surface area contributed by atoms with Gasteiger partial charge in [0.2, 0.25) is 0 Å². The third-order valence-electron chi connectivity index (χ3n) is 3.96. The normalized spacial score (nSPS) is 13.2. The van der Waals surface area contributed by atoms with Crippen LogP contribution in [0.5, 0.6) is 0 Å². The molecule has 0 spiro atoms. The van der Waals surface area contributed by atoms with E-state index in [-0.39, 0.29) is 6.10 Å². The number of aliphatic hydroxyl groups excluding tert-OH is 1. The zero-order valence-corrected chi connectivity index (χ0v) is 13.6. The van der Waals surface area contributed by atoms with Gasteiger partial charge in [0, 0.05) is 12.6 Å². The van der Waals surface area contributed by atoms with E-state index in [2.05, 4.69) is 56.9 Å². The van der Waals surface area contributed by atoms with Crippen molar-refractivity contribution in [1.82, 2.24) is 4.90 Å². The molecule has 1 rings (SSSR count). The number of rotatable bonds is 9. The lowest BCUT2D eigenvalue weighted by molar-refractivity contribution is 0.0942. The first-order valence-corrected chi connectivity index (χ1v) is 8.09. The maximum Gasteiger partial charge on any atom is 0.0917 e. The maximum atomic E-state index is 10.4. The fraction of sp³-hybridized carbons (Fsp3) is 0.667. The Balaban J connectivity index is 2.57. The minimum absolute atomic E-state index is 0.384. The maximum absolute atomic E-state index is 10.4. The van der Waals surface area contributed by atoms with E-state index in [0.717, 1.165) is 25.1 Å². The van der Waals surface area contributed by atoms with Crippen molar-refractivity contribution in [3.63, 3.8) is 0 Å². The van der Waals surface area contributed by atoms with Crippen molar-refractivity contribution in [2.45, 2.75) is 65.5 Å². The monoisotopic (exact) mass is 277 g/mol. The molecule has 0 aliphatic carbocycles. The van der Waals surface area contributed by atoms with E-state index in [1.54, 1.807) is 0 Å². The van der Waals surface area contributed by atoms with E-state index in [0.29, 0.717) is 6.04 Å². The van der Waals surface area contributed by atoms with Gasteiger partial charge >= 0.3 is 0 Å². The average Bonchev–Trinajstić information content (AvgIpc) is 2.46. The smallest absolute Gasteiger partial charge is 0.0917 e. The first-order valence-electron chi connectivity index (χ1n) is 8.09. The molecule has 0 saturated carbocycles. The second-order valence-electron chi connectivity index (χ2n) is 5.91. The fourth-order valence-electron chi connectivity index (χ4n) is 2.43. The Labute approximate surface area is 124 Å².